The molecule has 0 bridgehead atoms. The van der Waals surface area contributed by atoms with E-state index >= 15 is 0 Å². The fourth-order valence-corrected chi connectivity index (χ4v) is 4.30. The van der Waals surface area contributed by atoms with E-state index in [1.54, 1.807) is 30.3 Å². The summed E-state index contributed by atoms with van der Waals surface area (Å²) in [6.45, 7) is 1.52. The Hall–Kier alpha value is -4.35. The van der Waals surface area contributed by atoms with Crippen LogP contribution in [0.3, 0.4) is 0 Å². The predicted octanol–water partition coefficient (Wildman–Crippen LogP) is 7.40. The highest BCUT2D eigenvalue weighted by Gasteiger charge is 2.38. The number of carboxylic acid groups (broad SMARTS) is 1. The lowest BCUT2D eigenvalue weighted by Crippen LogP contribution is -2.28. The van der Waals surface area contributed by atoms with Gasteiger partial charge in [0.2, 0.25) is 5.95 Å². The number of rotatable bonds is 10. The van der Waals surface area contributed by atoms with Crippen molar-refractivity contribution >= 4 is 22.7 Å². The fourth-order valence-electron chi connectivity index (χ4n) is 4.30. The number of aryl methyl sites for hydroxylation is 1. The normalized spacial score (nSPS) is 12.0. The van der Waals surface area contributed by atoms with Crippen molar-refractivity contribution in [2.75, 3.05) is 18.1 Å². The van der Waals surface area contributed by atoms with Gasteiger partial charge >= 0.3 is 18.3 Å². The van der Waals surface area contributed by atoms with E-state index in [0.717, 1.165) is 17.0 Å². The van der Waals surface area contributed by atoms with E-state index in [4.69, 9.17) is 4.74 Å². The summed E-state index contributed by atoms with van der Waals surface area (Å²) in [7, 11) is 0. The highest BCUT2D eigenvalue weighted by molar-refractivity contribution is 6.00. The first-order valence-corrected chi connectivity index (χ1v) is 12.6. The maximum Gasteiger partial charge on any atom is 0.416 e. The number of fused-ring (bicyclic) bond motifs is 1. The van der Waals surface area contributed by atoms with Crippen LogP contribution in [0.2, 0.25) is 0 Å². The molecule has 0 atom stereocenters. The summed E-state index contributed by atoms with van der Waals surface area (Å²) in [6.07, 6.45) is -6.08. The van der Waals surface area contributed by atoms with Gasteiger partial charge in [0, 0.05) is 30.9 Å². The summed E-state index contributed by atoms with van der Waals surface area (Å²) in [5.74, 6) is -0.932. The van der Waals surface area contributed by atoms with Crippen molar-refractivity contribution < 1.29 is 41.0 Å². The lowest BCUT2D eigenvalue weighted by atomic mass is 10.0. The number of benzene rings is 3. The van der Waals surface area contributed by atoms with E-state index in [1.807, 2.05) is 6.92 Å². The molecule has 3 aromatic carbocycles. The molecule has 6 nitrogen and oxygen atoms in total. The number of ether oxygens (including phenoxy) is 1. The minimum atomic E-state index is -5.03. The Balaban J connectivity index is 1.59. The van der Waals surface area contributed by atoms with Crippen LogP contribution in [0.1, 0.15) is 46.0 Å². The zero-order chi connectivity index (χ0) is 29.8. The standard InChI is InChI=1S/C29H25F6N3O3/c1-2-18-15-36-27(37-16-18)38(17-20-8-10-21(28(30,31)32)14-24(20)29(33,34)35)12-5-13-41-25-22-7-4-3-6-19(22)9-11-23(25)26(39)40/h3-4,6-11,14-16H,2,5,12-13,17H2,1H3,(H,39,40). The monoisotopic (exact) mass is 577 g/mol. The van der Waals surface area contributed by atoms with Gasteiger partial charge in [-0.05, 0) is 47.6 Å². The van der Waals surface area contributed by atoms with Crippen LogP contribution in [0.5, 0.6) is 5.75 Å². The van der Waals surface area contributed by atoms with Crippen LogP contribution in [-0.4, -0.2) is 34.2 Å². The Morgan fingerprint density at radius 3 is 2.29 bits per heavy atom. The van der Waals surface area contributed by atoms with Crippen molar-refractivity contribution in [1.29, 1.82) is 0 Å². The minimum Gasteiger partial charge on any atom is -0.492 e. The van der Waals surface area contributed by atoms with E-state index in [0.29, 0.717) is 17.9 Å². The average Bonchev–Trinajstić information content (AvgIpc) is 2.93. The first-order chi connectivity index (χ1) is 19.4. The Morgan fingerprint density at radius 1 is 0.951 bits per heavy atom. The molecule has 0 saturated carbocycles. The molecule has 4 rings (SSSR count). The molecule has 1 N–H and O–H groups in total. The second kappa shape index (κ2) is 12.0. The number of halogens is 6. The summed E-state index contributed by atoms with van der Waals surface area (Å²) in [5.41, 5.74) is -2.43. The topological polar surface area (TPSA) is 75.6 Å². The van der Waals surface area contributed by atoms with Gasteiger partial charge in [0.05, 0.1) is 17.7 Å². The first-order valence-electron chi connectivity index (χ1n) is 12.6. The maximum atomic E-state index is 13.8. The number of alkyl halides is 6. The molecule has 216 valence electrons. The molecule has 0 aliphatic carbocycles. The van der Waals surface area contributed by atoms with Gasteiger partial charge < -0.3 is 14.7 Å². The van der Waals surface area contributed by atoms with Gasteiger partial charge in [-0.3, -0.25) is 0 Å². The summed E-state index contributed by atoms with van der Waals surface area (Å²) < 4.78 is 86.8. The molecular formula is C29H25F6N3O3. The zero-order valence-electron chi connectivity index (χ0n) is 21.8. The van der Waals surface area contributed by atoms with Gasteiger partial charge in [0.15, 0.2) is 0 Å². The number of hydrogen-bond acceptors (Lipinski definition) is 5. The van der Waals surface area contributed by atoms with E-state index in [2.05, 4.69) is 9.97 Å². The van der Waals surface area contributed by atoms with Crippen LogP contribution in [0.4, 0.5) is 32.3 Å². The van der Waals surface area contributed by atoms with Crippen LogP contribution < -0.4 is 9.64 Å². The molecule has 0 unspecified atom stereocenters. The number of hydrogen-bond donors (Lipinski definition) is 1. The Bertz CT molecular complexity index is 1520. The Labute approximate surface area is 231 Å². The molecule has 0 aliphatic heterocycles. The van der Waals surface area contributed by atoms with Crippen LogP contribution >= 0.6 is 0 Å². The van der Waals surface area contributed by atoms with E-state index < -0.39 is 36.0 Å². The number of carboxylic acids is 1. The second-order valence-electron chi connectivity index (χ2n) is 9.20. The van der Waals surface area contributed by atoms with E-state index in [9.17, 15) is 36.2 Å². The SMILES string of the molecule is CCc1cnc(N(CCCOc2c(C(=O)O)ccc3ccccc23)Cc2ccc(C(F)(F)F)cc2C(F)(F)F)nc1. The molecule has 0 amide bonds. The van der Waals surface area contributed by atoms with Crippen molar-refractivity contribution in [3.8, 4) is 5.75 Å². The van der Waals surface area contributed by atoms with Crippen molar-refractivity contribution in [2.24, 2.45) is 0 Å². The number of carbonyl (C=O) groups is 1. The average molecular weight is 578 g/mol. The molecule has 1 heterocycles. The highest BCUT2D eigenvalue weighted by Crippen LogP contribution is 2.38. The van der Waals surface area contributed by atoms with Crippen molar-refractivity contribution in [3.05, 3.63) is 94.8 Å². The molecule has 0 aliphatic rings. The van der Waals surface area contributed by atoms with E-state index in [1.165, 1.54) is 23.4 Å². The lowest BCUT2D eigenvalue weighted by molar-refractivity contribution is -0.143. The Morgan fingerprint density at radius 2 is 1.66 bits per heavy atom. The predicted molar refractivity (Wildman–Crippen MR) is 140 cm³/mol. The molecule has 41 heavy (non-hydrogen) atoms. The molecule has 0 fully saturated rings. The van der Waals surface area contributed by atoms with Crippen LogP contribution in [0, 0.1) is 0 Å². The lowest BCUT2D eigenvalue weighted by Gasteiger charge is -2.25. The van der Waals surface area contributed by atoms with E-state index in [-0.39, 0.29) is 48.5 Å². The number of anilines is 1. The largest absolute Gasteiger partial charge is 0.492 e. The quantitative estimate of drug-likeness (QED) is 0.156. The van der Waals surface area contributed by atoms with Gasteiger partial charge in [0.1, 0.15) is 11.3 Å². The van der Waals surface area contributed by atoms with Crippen LogP contribution in [0.25, 0.3) is 10.8 Å². The molecule has 12 heteroatoms. The Kier molecular flexibility index (Phi) is 8.69. The summed E-state index contributed by atoms with van der Waals surface area (Å²) >= 11 is 0. The van der Waals surface area contributed by atoms with Gasteiger partial charge in [-0.1, -0.05) is 43.3 Å². The van der Waals surface area contributed by atoms with Gasteiger partial charge in [0.25, 0.3) is 0 Å². The molecule has 0 radical (unpaired) electrons. The smallest absolute Gasteiger partial charge is 0.416 e. The minimum absolute atomic E-state index is 0.00301. The van der Waals surface area contributed by atoms with Gasteiger partial charge in [-0.2, -0.15) is 26.3 Å². The third kappa shape index (κ3) is 7.05. The summed E-state index contributed by atoms with van der Waals surface area (Å²) in [4.78, 5) is 21.7. The van der Waals surface area contributed by atoms with Crippen LogP contribution in [0.15, 0.2) is 67.0 Å². The molecule has 1 aromatic heterocycles. The first kappa shape index (κ1) is 29.6. The van der Waals surface area contributed by atoms with Crippen molar-refractivity contribution in [3.63, 3.8) is 0 Å². The zero-order valence-corrected chi connectivity index (χ0v) is 21.8. The highest BCUT2D eigenvalue weighted by atomic mass is 19.4. The third-order valence-electron chi connectivity index (χ3n) is 6.42. The van der Waals surface area contributed by atoms with Gasteiger partial charge in [-0.15, -0.1) is 0 Å². The number of nitrogens with zero attached hydrogens (tertiary/aromatic N) is 3. The summed E-state index contributed by atoms with van der Waals surface area (Å²) in [6, 6.07) is 11.7. The molecular weight excluding hydrogens is 552 g/mol. The maximum absolute atomic E-state index is 13.8. The fraction of sp³-hybridized carbons (Fsp3) is 0.276. The summed E-state index contributed by atoms with van der Waals surface area (Å²) in [5, 5.41) is 11.0. The molecule has 0 spiro atoms. The number of aromatic nitrogens is 2. The molecule has 0 saturated heterocycles. The number of aromatic carboxylic acids is 1. The molecule has 4 aromatic rings. The second-order valence-corrected chi connectivity index (χ2v) is 9.20. The van der Waals surface area contributed by atoms with Crippen molar-refractivity contribution in [2.45, 2.75) is 38.7 Å². The van der Waals surface area contributed by atoms with Crippen molar-refractivity contribution in [1.82, 2.24) is 9.97 Å². The van der Waals surface area contributed by atoms with Crippen LogP contribution in [-0.2, 0) is 25.3 Å². The van der Waals surface area contributed by atoms with Gasteiger partial charge in [-0.25, -0.2) is 14.8 Å². The third-order valence-corrected chi connectivity index (χ3v) is 6.42.